The van der Waals surface area contributed by atoms with Crippen LogP contribution >= 0.6 is 11.6 Å². The maximum atomic E-state index is 12.8. The molecular weight excluding hydrogens is 382 g/mol. The van der Waals surface area contributed by atoms with E-state index in [1.807, 2.05) is 23.1 Å². The molecule has 0 unspecified atom stereocenters. The van der Waals surface area contributed by atoms with Crippen molar-refractivity contribution in [3.05, 3.63) is 65.2 Å². The molecule has 0 atom stereocenters. The highest BCUT2D eigenvalue weighted by Crippen LogP contribution is 2.23. The predicted octanol–water partition coefficient (Wildman–Crippen LogP) is 3.94. The second-order valence-corrected chi connectivity index (χ2v) is 8.69. The molecule has 0 spiro atoms. The van der Waals surface area contributed by atoms with Gasteiger partial charge in [0.2, 0.25) is 5.91 Å². The Kier molecular flexibility index (Phi) is 6.73. The van der Waals surface area contributed by atoms with E-state index in [1.54, 1.807) is 0 Å². The molecule has 0 bridgehead atoms. The molecule has 0 radical (unpaired) electrons. The van der Waals surface area contributed by atoms with Gasteiger partial charge in [0.05, 0.1) is 6.54 Å². The van der Waals surface area contributed by atoms with Crippen molar-refractivity contribution in [3.8, 4) is 0 Å². The normalized spacial score (nSPS) is 18.8. The summed E-state index contributed by atoms with van der Waals surface area (Å²) in [5, 5.41) is 0.761. The van der Waals surface area contributed by atoms with Gasteiger partial charge in [-0.3, -0.25) is 9.69 Å². The molecule has 5 heteroatoms. The van der Waals surface area contributed by atoms with Gasteiger partial charge in [-0.15, -0.1) is 0 Å². The average Bonchev–Trinajstić information content (AvgIpc) is 2.76. The van der Waals surface area contributed by atoms with Gasteiger partial charge in [-0.05, 0) is 62.0 Å². The number of piperidine rings is 1. The molecule has 2 aromatic rings. The topological polar surface area (TPSA) is 26.8 Å². The van der Waals surface area contributed by atoms with E-state index in [4.69, 9.17) is 11.6 Å². The van der Waals surface area contributed by atoms with Crippen molar-refractivity contribution in [2.24, 2.45) is 5.92 Å². The number of piperazine rings is 1. The van der Waals surface area contributed by atoms with Crippen LogP contribution in [0.3, 0.4) is 0 Å². The van der Waals surface area contributed by atoms with Crippen molar-refractivity contribution in [3.63, 3.8) is 0 Å². The van der Waals surface area contributed by atoms with E-state index in [9.17, 15) is 4.79 Å². The summed E-state index contributed by atoms with van der Waals surface area (Å²) in [6, 6.07) is 18.7. The zero-order valence-corrected chi connectivity index (χ0v) is 17.7. The second kappa shape index (κ2) is 9.64. The SMILES string of the molecule is O=C(CN1CCC(Cc2ccccc2)CC1)N1CCN(c2cccc(Cl)c2)CC1. The largest absolute Gasteiger partial charge is 0.368 e. The van der Waals surface area contributed by atoms with Gasteiger partial charge in [-0.25, -0.2) is 0 Å². The Morgan fingerprint density at radius 1 is 0.897 bits per heavy atom. The maximum absolute atomic E-state index is 12.8. The first kappa shape index (κ1) is 20.2. The third kappa shape index (κ3) is 5.52. The number of halogens is 1. The van der Waals surface area contributed by atoms with Gasteiger partial charge in [0, 0.05) is 36.9 Å². The summed E-state index contributed by atoms with van der Waals surface area (Å²) >= 11 is 6.11. The Balaban J connectivity index is 1.20. The van der Waals surface area contributed by atoms with Crippen LogP contribution in [-0.2, 0) is 11.2 Å². The Labute approximate surface area is 179 Å². The molecule has 0 N–H and O–H groups in total. The second-order valence-electron chi connectivity index (χ2n) is 8.26. The van der Waals surface area contributed by atoms with Gasteiger partial charge in [0.15, 0.2) is 0 Å². The summed E-state index contributed by atoms with van der Waals surface area (Å²) in [5.74, 6) is 1.02. The number of carbonyl (C=O) groups excluding carboxylic acids is 1. The van der Waals surface area contributed by atoms with E-state index in [1.165, 1.54) is 18.4 Å². The van der Waals surface area contributed by atoms with E-state index >= 15 is 0 Å². The summed E-state index contributed by atoms with van der Waals surface area (Å²) in [6.07, 6.45) is 3.53. The minimum atomic E-state index is 0.275. The van der Waals surface area contributed by atoms with E-state index in [0.29, 0.717) is 6.54 Å². The van der Waals surface area contributed by atoms with E-state index in [0.717, 1.165) is 62.3 Å². The van der Waals surface area contributed by atoms with Crippen LogP contribution in [0.2, 0.25) is 5.02 Å². The van der Waals surface area contributed by atoms with Crippen LogP contribution in [0.4, 0.5) is 5.69 Å². The van der Waals surface area contributed by atoms with Gasteiger partial charge in [0.25, 0.3) is 0 Å². The molecule has 154 valence electrons. The molecule has 2 aliphatic heterocycles. The van der Waals surface area contributed by atoms with E-state index in [-0.39, 0.29) is 5.91 Å². The molecule has 4 rings (SSSR count). The lowest BCUT2D eigenvalue weighted by Crippen LogP contribution is -2.52. The summed E-state index contributed by atoms with van der Waals surface area (Å²) < 4.78 is 0. The van der Waals surface area contributed by atoms with Crippen molar-refractivity contribution >= 4 is 23.2 Å². The quantitative estimate of drug-likeness (QED) is 0.745. The molecule has 2 fully saturated rings. The smallest absolute Gasteiger partial charge is 0.236 e. The maximum Gasteiger partial charge on any atom is 0.236 e. The van der Waals surface area contributed by atoms with Gasteiger partial charge >= 0.3 is 0 Å². The molecule has 2 saturated heterocycles. The highest BCUT2D eigenvalue weighted by molar-refractivity contribution is 6.30. The van der Waals surface area contributed by atoms with E-state index in [2.05, 4.69) is 46.2 Å². The Bertz CT molecular complexity index is 797. The summed E-state index contributed by atoms with van der Waals surface area (Å²) in [6.45, 7) is 5.94. The number of carbonyl (C=O) groups is 1. The van der Waals surface area contributed by atoms with Gasteiger partial charge in [-0.1, -0.05) is 48.0 Å². The minimum absolute atomic E-state index is 0.275. The van der Waals surface area contributed by atoms with Crippen LogP contribution in [0.1, 0.15) is 18.4 Å². The first-order valence-corrected chi connectivity index (χ1v) is 11.1. The number of benzene rings is 2. The molecule has 29 heavy (non-hydrogen) atoms. The van der Waals surface area contributed by atoms with Crippen molar-refractivity contribution in [2.45, 2.75) is 19.3 Å². The number of nitrogens with zero attached hydrogens (tertiary/aromatic N) is 3. The van der Waals surface area contributed by atoms with Crippen molar-refractivity contribution in [1.29, 1.82) is 0 Å². The molecule has 0 aromatic heterocycles. The van der Waals surface area contributed by atoms with Crippen molar-refractivity contribution < 1.29 is 4.79 Å². The number of rotatable bonds is 5. The molecule has 0 saturated carbocycles. The molecule has 4 nitrogen and oxygen atoms in total. The molecule has 2 aromatic carbocycles. The van der Waals surface area contributed by atoms with Crippen molar-refractivity contribution in [2.75, 3.05) is 50.7 Å². The Hall–Kier alpha value is -2.04. The lowest BCUT2D eigenvalue weighted by atomic mass is 9.90. The zero-order valence-electron chi connectivity index (χ0n) is 17.0. The standard InChI is InChI=1S/C24H30ClN3O/c25-22-7-4-8-23(18-22)27-13-15-28(16-14-27)24(29)19-26-11-9-21(10-12-26)17-20-5-2-1-3-6-20/h1-8,18,21H,9-17,19H2. The monoisotopic (exact) mass is 411 g/mol. The lowest BCUT2D eigenvalue weighted by Gasteiger charge is -2.38. The number of likely N-dealkylation sites (tertiary alicyclic amines) is 1. The van der Waals surface area contributed by atoms with Crippen LogP contribution in [0, 0.1) is 5.92 Å². The van der Waals surface area contributed by atoms with Crippen molar-refractivity contribution in [1.82, 2.24) is 9.80 Å². The van der Waals surface area contributed by atoms with Gasteiger partial charge in [0.1, 0.15) is 0 Å². The summed E-state index contributed by atoms with van der Waals surface area (Å²) in [7, 11) is 0. The highest BCUT2D eigenvalue weighted by atomic mass is 35.5. The summed E-state index contributed by atoms with van der Waals surface area (Å²) in [4.78, 5) is 19.5. The average molecular weight is 412 g/mol. The Morgan fingerprint density at radius 2 is 1.62 bits per heavy atom. The van der Waals surface area contributed by atoms with Crippen LogP contribution in [-0.4, -0.2) is 61.5 Å². The van der Waals surface area contributed by atoms with Crippen LogP contribution in [0.15, 0.2) is 54.6 Å². The molecule has 2 heterocycles. The fourth-order valence-electron chi connectivity index (χ4n) is 4.47. The first-order valence-electron chi connectivity index (χ1n) is 10.7. The van der Waals surface area contributed by atoms with E-state index < -0.39 is 0 Å². The van der Waals surface area contributed by atoms with Crippen LogP contribution in [0.5, 0.6) is 0 Å². The van der Waals surface area contributed by atoms with Gasteiger partial charge in [-0.2, -0.15) is 0 Å². The van der Waals surface area contributed by atoms with Crippen LogP contribution in [0.25, 0.3) is 0 Å². The third-order valence-corrected chi connectivity index (χ3v) is 6.47. The third-order valence-electron chi connectivity index (χ3n) is 6.24. The Morgan fingerprint density at radius 3 is 2.31 bits per heavy atom. The fourth-order valence-corrected chi connectivity index (χ4v) is 4.66. The number of amides is 1. The fraction of sp³-hybridized carbons (Fsp3) is 0.458. The zero-order chi connectivity index (χ0) is 20.1. The minimum Gasteiger partial charge on any atom is -0.368 e. The predicted molar refractivity (Wildman–Crippen MR) is 120 cm³/mol. The summed E-state index contributed by atoms with van der Waals surface area (Å²) in [5.41, 5.74) is 2.57. The number of hydrogen-bond donors (Lipinski definition) is 0. The lowest BCUT2D eigenvalue weighted by molar-refractivity contribution is -0.133. The molecular formula is C24H30ClN3O. The molecule has 1 amide bonds. The number of anilines is 1. The molecule has 0 aliphatic carbocycles. The van der Waals surface area contributed by atoms with Crippen LogP contribution < -0.4 is 4.90 Å². The number of hydrogen-bond acceptors (Lipinski definition) is 3. The molecule has 2 aliphatic rings. The van der Waals surface area contributed by atoms with Gasteiger partial charge < -0.3 is 9.80 Å². The first-order chi connectivity index (χ1) is 14.2. The highest BCUT2D eigenvalue weighted by Gasteiger charge is 2.25.